The minimum absolute atomic E-state index is 1.25. The van der Waals surface area contributed by atoms with Crippen LogP contribution in [0.15, 0.2) is 24.3 Å². The quantitative estimate of drug-likeness (QED) is 0.447. The molecule has 1 rings (SSSR count). The molecular formula is C18H29. The van der Waals surface area contributed by atoms with Crippen LogP contribution >= 0.6 is 0 Å². The van der Waals surface area contributed by atoms with Gasteiger partial charge in [0.25, 0.3) is 0 Å². The molecule has 0 fully saturated rings. The van der Waals surface area contributed by atoms with Gasteiger partial charge in [0.1, 0.15) is 0 Å². The fraction of sp³-hybridized carbons (Fsp3) is 0.611. The van der Waals surface area contributed by atoms with Crippen LogP contribution in [0.2, 0.25) is 0 Å². The molecule has 0 aliphatic carbocycles. The second-order valence-electron chi connectivity index (χ2n) is 5.26. The zero-order chi connectivity index (χ0) is 13.1. The number of hydrogen-bond donors (Lipinski definition) is 0. The van der Waals surface area contributed by atoms with Crippen LogP contribution in [0, 0.1) is 6.42 Å². The summed E-state index contributed by atoms with van der Waals surface area (Å²) in [6, 6.07) is 8.99. The monoisotopic (exact) mass is 245 g/mol. The third-order valence-electron chi connectivity index (χ3n) is 3.63. The molecule has 0 heterocycles. The van der Waals surface area contributed by atoms with Crippen LogP contribution in [0.1, 0.15) is 76.3 Å². The molecule has 0 saturated carbocycles. The third kappa shape index (κ3) is 6.83. The van der Waals surface area contributed by atoms with Gasteiger partial charge in [-0.05, 0) is 30.4 Å². The lowest BCUT2D eigenvalue weighted by Gasteiger charge is -2.03. The number of benzene rings is 1. The highest BCUT2D eigenvalue weighted by atomic mass is 14.0. The van der Waals surface area contributed by atoms with Crippen molar-refractivity contribution in [3.05, 3.63) is 41.8 Å². The van der Waals surface area contributed by atoms with E-state index in [0.29, 0.717) is 0 Å². The molecule has 0 bridgehead atoms. The molecule has 0 aliphatic rings. The Labute approximate surface area is 114 Å². The fourth-order valence-electron chi connectivity index (χ4n) is 2.34. The zero-order valence-corrected chi connectivity index (χ0v) is 12.3. The summed E-state index contributed by atoms with van der Waals surface area (Å²) in [4.78, 5) is 0. The van der Waals surface area contributed by atoms with E-state index < -0.39 is 0 Å². The van der Waals surface area contributed by atoms with E-state index >= 15 is 0 Å². The van der Waals surface area contributed by atoms with Gasteiger partial charge < -0.3 is 0 Å². The van der Waals surface area contributed by atoms with Gasteiger partial charge in [-0.25, -0.2) is 0 Å². The van der Waals surface area contributed by atoms with E-state index in [1.807, 2.05) is 0 Å². The SMILES string of the molecule is C[CH]c1ccc(CCCCCCCCCC)cc1. The molecule has 1 aromatic rings. The molecule has 0 nitrogen and oxygen atoms in total. The van der Waals surface area contributed by atoms with E-state index in [-0.39, 0.29) is 0 Å². The first-order chi connectivity index (χ1) is 8.86. The first kappa shape index (κ1) is 15.3. The molecule has 0 heteroatoms. The summed E-state index contributed by atoms with van der Waals surface area (Å²) < 4.78 is 0. The van der Waals surface area contributed by atoms with Gasteiger partial charge in [0, 0.05) is 0 Å². The maximum Gasteiger partial charge on any atom is -0.0124 e. The normalized spacial score (nSPS) is 10.8. The van der Waals surface area contributed by atoms with Crippen molar-refractivity contribution in [2.75, 3.05) is 0 Å². The summed E-state index contributed by atoms with van der Waals surface area (Å²) >= 11 is 0. The van der Waals surface area contributed by atoms with E-state index in [1.165, 1.54) is 68.9 Å². The number of rotatable bonds is 10. The molecule has 1 aromatic carbocycles. The molecule has 0 amide bonds. The standard InChI is InChI=1S/C18H29/c1-3-5-6-7-8-9-10-11-12-18-15-13-17(4-2)14-16-18/h4,13-16H,3,5-12H2,1-2H3. The lowest BCUT2D eigenvalue weighted by Crippen LogP contribution is -1.87. The van der Waals surface area contributed by atoms with E-state index in [1.54, 1.807) is 0 Å². The van der Waals surface area contributed by atoms with Crippen molar-refractivity contribution in [2.24, 2.45) is 0 Å². The van der Waals surface area contributed by atoms with Crippen LogP contribution in [0.3, 0.4) is 0 Å². The van der Waals surface area contributed by atoms with Crippen molar-refractivity contribution in [1.29, 1.82) is 0 Å². The maximum atomic E-state index is 2.28. The molecule has 0 saturated heterocycles. The first-order valence-electron chi connectivity index (χ1n) is 7.75. The molecule has 0 unspecified atom stereocenters. The molecule has 0 aliphatic heterocycles. The van der Waals surface area contributed by atoms with Gasteiger partial charge in [-0.1, -0.05) is 83.1 Å². The molecule has 0 aromatic heterocycles. The predicted molar refractivity (Wildman–Crippen MR) is 81.8 cm³/mol. The summed E-state index contributed by atoms with van der Waals surface area (Å²) in [5.41, 5.74) is 2.82. The van der Waals surface area contributed by atoms with Crippen molar-refractivity contribution in [2.45, 2.75) is 71.6 Å². The Morgan fingerprint density at radius 2 is 1.33 bits per heavy atom. The summed E-state index contributed by atoms with van der Waals surface area (Å²) in [6.45, 7) is 4.37. The van der Waals surface area contributed by atoms with Crippen LogP contribution in [-0.2, 0) is 6.42 Å². The van der Waals surface area contributed by atoms with E-state index in [9.17, 15) is 0 Å². The lowest BCUT2D eigenvalue weighted by atomic mass is 10.0. The van der Waals surface area contributed by atoms with Crippen molar-refractivity contribution in [3.8, 4) is 0 Å². The molecule has 18 heavy (non-hydrogen) atoms. The molecule has 0 N–H and O–H groups in total. The highest BCUT2D eigenvalue weighted by Crippen LogP contribution is 2.12. The Balaban J connectivity index is 2.00. The number of unbranched alkanes of at least 4 members (excludes halogenated alkanes) is 7. The van der Waals surface area contributed by atoms with Crippen molar-refractivity contribution in [3.63, 3.8) is 0 Å². The third-order valence-corrected chi connectivity index (χ3v) is 3.63. The van der Waals surface area contributed by atoms with Crippen LogP contribution in [0.5, 0.6) is 0 Å². The molecule has 101 valence electrons. The summed E-state index contributed by atoms with van der Waals surface area (Å²) in [6.07, 6.45) is 14.6. The van der Waals surface area contributed by atoms with Crippen LogP contribution < -0.4 is 0 Å². The highest BCUT2D eigenvalue weighted by Gasteiger charge is 1.95. The Morgan fingerprint density at radius 1 is 0.778 bits per heavy atom. The van der Waals surface area contributed by atoms with E-state index in [4.69, 9.17) is 0 Å². The van der Waals surface area contributed by atoms with Gasteiger partial charge in [0.05, 0.1) is 0 Å². The smallest absolute Gasteiger partial charge is 0.0124 e. The van der Waals surface area contributed by atoms with Crippen LogP contribution in [0.25, 0.3) is 0 Å². The Bertz CT molecular complexity index is 283. The van der Waals surface area contributed by atoms with Gasteiger partial charge in [0.2, 0.25) is 0 Å². The predicted octanol–water partition coefficient (Wildman–Crippen LogP) is 5.94. The second-order valence-corrected chi connectivity index (χ2v) is 5.26. The number of hydrogen-bond acceptors (Lipinski definition) is 0. The largest absolute Gasteiger partial charge is 0.0654 e. The molecule has 0 spiro atoms. The topological polar surface area (TPSA) is 0 Å². The van der Waals surface area contributed by atoms with Gasteiger partial charge in [-0.2, -0.15) is 0 Å². The minimum Gasteiger partial charge on any atom is -0.0654 e. The van der Waals surface area contributed by atoms with Gasteiger partial charge >= 0.3 is 0 Å². The second kappa shape index (κ2) is 10.2. The minimum atomic E-state index is 1.25. The summed E-state index contributed by atoms with van der Waals surface area (Å²) in [5.74, 6) is 0. The molecule has 0 atom stereocenters. The maximum absolute atomic E-state index is 2.28. The summed E-state index contributed by atoms with van der Waals surface area (Å²) in [5, 5.41) is 0. The Kier molecular flexibility index (Phi) is 8.63. The van der Waals surface area contributed by atoms with Gasteiger partial charge in [-0.3, -0.25) is 0 Å². The Hall–Kier alpha value is -0.780. The van der Waals surface area contributed by atoms with Crippen molar-refractivity contribution >= 4 is 0 Å². The van der Waals surface area contributed by atoms with Crippen LogP contribution in [0.4, 0.5) is 0 Å². The number of aryl methyl sites for hydroxylation is 1. The van der Waals surface area contributed by atoms with Crippen molar-refractivity contribution < 1.29 is 0 Å². The molecule has 1 radical (unpaired) electrons. The van der Waals surface area contributed by atoms with E-state index in [2.05, 4.69) is 44.5 Å². The van der Waals surface area contributed by atoms with E-state index in [0.717, 1.165) is 0 Å². The van der Waals surface area contributed by atoms with Crippen molar-refractivity contribution in [1.82, 2.24) is 0 Å². The van der Waals surface area contributed by atoms with Crippen LogP contribution in [-0.4, -0.2) is 0 Å². The highest BCUT2D eigenvalue weighted by molar-refractivity contribution is 5.26. The molecular weight excluding hydrogens is 216 g/mol. The lowest BCUT2D eigenvalue weighted by molar-refractivity contribution is 0.575. The van der Waals surface area contributed by atoms with Gasteiger partial charge in [-0.15, -0.1) is 0 Å². The average Bonchev–Trinajstić information content (AvgIpc) is 2.42. The zero-order valence-electron chi connectivity index (χ0n) is 12.3. The Morgan fingerprint density at radius 3 is 1.89 bits per heavy atom. The summed E-state index contributed by atoms with van der Waals surface area (Å²) in [7, 11) is 0. The van der Waals surface area contributed by atoms with Gasteiger partial charge in [0.15, 0.2) is 0 Å². The average molecular weight is 245 g/mol. The first-order valence-corrected chi connectivity index (χ1v) is 7.75. The fourth-order valence-corrected chi connectivity index (χ4v) is 2.34.